The Morgan fingerprint density at radius 2 is 1.70 bits per heavy atom. The fourth-order valence-corrected chi connectivity index (χ4v) is 2.06. The molecular formula is C16H26N4O3. The number of rotatable bonds is 10. The van der Waals surface area contributed by atoms with Crippen molar-refractivity contribution in [1.82, 2.24) is 4.90 Å². The van der Waals surface area contributed by atoms with Crippen LogP contribution in [0.4, 0.5) is 0 Å². The van der Waals surface area contributed by atoms with E-state index in [1.54, 1.807) is 4.90 Å². The van der Waals surface area contributed by atoms with Gasteiger partial charge in [0.2, 0.25) is 5.91 Å². The predicted octanol–water partition coefficient (Wildman–Crippen LogP) is -0.417. The van der Waals surface area contributed by atoms with Gasteiger partial charge in [0.25, 0.3) is 0 Å². The van der Waals surface area contributed by atoms with E-state index >= 15 is 0 Å². The molecule has 6 N–H and O–H groups in total. The lowest BCUT2D eigenvalue weighted by molar-refractivity contribution is -0.146. The minimum absolute atomic E-state index is 0.104. The van der Waals surface area contributed by atoms with Crippen molar-refractivity contribution in [2.24, 2.45) is 17.2 Å². The highest BCUT2D eigenvalue weighted by Crippen LogP contribution is 2.05. The van der Waals surface area contributed by atoms with Crippen LogP contribution in [0.2, 0.25) is 0 Å². The van der Waals surface area contributed by atoms with Crippen LogP contribution >= 0.6 is 0 Å². The van der Waals surface area contributed by atoms with Crippen molar-refractivity contribution in [1.29, 1.82) is 0 Å². The first-order chi connectivity index (χ1) is 11.1. The van der Waals surface area contributed by atoms with Crippen LogP contribution in [-0.2, 0) is 20.9 Å². The van der Waals surface area contributed by atoms with Crippen LogP contribution in [0.3, 0.4) is 0 Å². The van der Waals surface area contributed by atoms with E-state index in [0.29, 0.717) is 26.2 Å². The summed E-state index contributed by atoms with van der Waals surface area (Å²) in [4.78, 5) is 25.5. The van der Waals surface area contributed by atoms with E-state index < -0.39 is 12.0 Å². The smallest absolute Gasteiger partial charge is 0.323 e. The summed E-state index contributed by atoms with van der Waals surface area (Å²) in [6.45, 7) is 1.81. The van der Waals surface area contributed by atoms with Gasteiger partial charge in [0.15, 0.2) is 0 Å². The summed E-state index contributed by atoms with van der Waals surface area (Å²) in [7, 11) is 0. The van der Waals surface area contributed by atoms with Gasteiger partial charge in [-0.15, -0.1) is 0 Å². The Balaban J connectivity index is 2.35. The number of carbonyl (C=O) groups is 2. The van der Waals surface area contributed by atoms with Crippen molar-refractivity contribution >= 4 is 11.9 Å². The van der Waals surface area contributed by atoms with Crippen molar-refractivity contribution < 1.29 is 14.3 Å². The molecule has 0 unspecified atom stereocenters. The van der Waals surface area contributed by atoms with Gasteiger partial charge in [-0.25, -0.2) is 0 Å². The first-order valence-corrected chi connectivity index (χ1v) is 7.72. The molecular weight excluding hydrogens is 296 g/mol. The molecule has 0 bridgehead atoms. The minimum Gasteiger partial charge on any atom is -0.460 e. The molecule has 0 spiro atoms. The highest BCUT2D eigenvalue weighted by Gasteiger charge is 2.19. The molecule has 0 saturated carbocycles. The van der Waals surface area contributed by atoms with Crippen LogP contribution in [0.5, 0.6) is 0 Å². The van der Waals surface area contributed by atoms with Crippen molar-refractivity contribution in [3.63, 3.8) is 0 Å². The van der Waals surface area contributed by atoms with Crippen LogP contribution in [0.1, 0.15) is 18.4 Å². The third-order valence-corrected chi connectivity index (χ3v) is 3.35. The van der Waals surface area contributed by atoms with E-state index in [1.807, 2.05) is 30.3 Å². The van der Waals surface area contributed by atoms with Gasteiger partial charge in [0, 0.05) is 32.6 Å². The molecule has 0 aliphatic carbocycles. The van der Waals surface area contributed by atoms with E-state index in [4.69, 9.17) is 21.9 Å². The average molecular weight is 322 g/mol. The molecule has 1 aromatic carbocycles. The number of hydrogen-bond donors (Lipinski definition) is 3. The molecule has 128 valence electrons. The van der Waals surface area contributed by atoms with E-state index in [0.717, 1.165) is 5.56 Å². The molecule has 0 aromatic heterocycles. The number of nitrogens with zero attached hydrogens (tertiary/aromatic N) is 1. The number of hydrogen-bond acceptors (Lipinski definition) is 6. The number of ether oxygens (including phenoxy) is 1. The molecule has 1 aromatic rings. The number of amides is 1. The van der Waals surface area contributed by atoms with Crippen LogP contribution in [-0.4, -0.2) is 49.0 Å². The van der Waals surface area contributed by atoms with Gasteiger partial charge in [-0.05, 0) is 12.0 Å². The lowest BCUT2D eigenvalue weighted by Crippen LogP contribution is -2.40. The topological polar surface area (TPSA) is 125 Å². The summed E-state index contributed by atoms with van der Waals surface area (Å²) < 4.78 is 5.15. The molecule has 7 heteroatoms. The van der Waals surface area contributed by atoms with Crippen LogP contribution in [0.15, 0.2) is 30.3 Å². The van der Waals surface area contributed by atoms with Crippen molar-refractivity contribution in [2.75, 3.05) is 26.2 Å². The zero-order valence-corrected chi connectivity index (χ0v) is 13.3. The molecule has 0 radical (unpaired) electrons. The molecule has 7 nitrogen and oxygen atoms in total. The highest BCUT2D eigenvalue weighted by molar-refractivity contribution is 5.79. The Hall–Kier alpha value is -1.96. The van der Waals surface area contributed by atoms with Crippen LogP contribution in [0.25, 0.3) is 0 Å². The van der Waals surface area contributed by atoms with E-state index in [-0.39, 0.29) is 25.4 Å². The quantitative estimate of drug-likeness (QED) is 0.503. The number of benzene rings is 1. The second kappa shape index (κ2) is 10.7. The summed E-state index contributed by atoms with van der Waals surface area (Å²) in [5.41, 5.74) is 17.6. The first-order valence-electron chi connectivity index (χ1n) is 7.72. The van der Waals surface area contributed by atoms with Crippen molar-refractivity contribution in [3.05, 3.63) is 35.9 Å². The zero-order valence-electron chi connectivity index (χ0n) is 13.3. The van der Waals surface area contributed by atoms with Gasteiger partial charge in [0.1, 0.15) is 12.6 Å². The third-order valence-electron chi connectivity index (χ3n) is 3.35. The highest BCUT2D eigenvalue weighted by atomic mass is 16.5. The fourth-order valence-electron chi connectivity index (χ4n) is 2.06. The Morgan fingerprint density at radius 3 is 2.26 bits per heavy atom. The summed E-state index contributed by atoms with van der Waals surface area (Å²) in [6, 6.07) is 8.52. The van der Waals surface area contributed by atoms with Gasteiger partial charge in [0.05, 0.1) is 0 Å². The first kappa shape index (κ1) is 19.1. The van der Waals surface area contributed by atoms with Crippen molar-refractivity contribution in [3.8, 4) is 0 Å². The van der Waals surface area contributed by atoms with Gasteiger partial charge in [-0.2, -0.15) is 0 Å². The van der Waals surface area contributed by atoms with Crippen LogP contribution in [0, 0.1) is 0 Å². The minimum atomic E-state index is -0.819. The van der Waals surface area contributed by atoms with Gasteiger partial charge >= 0.3 is 5.97 Å². The second-order valence-electron chi connectivity index (χ2n) is 5.20. The molecule has 1 amide bonds. The Kier molecular flexibility index (Phi) is 8.89. The van der Waals surface area contributed by atoms with Crippen molar-refractivity contribution in [2.45, 2.75) is 25.5 Å². The second-order valence-corrected chi connectivity index (χ2v) is 5.20. The van der Waals surface area contributed by atoms with Gasteiger partial charge in [-0.3, -0.25) is 9.59 Å². The molecule has 0 aliphatic heterocycles. The van der Waals surface area contributed by atoms with E-state index in [1.165, 1.54) is 0 Å². The van der Waals surface area contributed by atoms with Gasteiger partial charge in [-0.1, -0.05) is 30.3 Å². The number of nitrogens with two attached hydrogens (primary N) is 3. The summed E-state index contributed by atoms with van der Waals surface area (Å²) >= 11 is 0. The molecule has 0 saturated heterocycles. The normalized spacial score (nSPS) is 11.8. The Labute approximate surface area is 136 Å². The van der Waals surface area contributed by atoms with E-state index in [2.05, 4.69) is 0 Å². The zero-order chi connectivity index (χ0) is 17.1. The summed E-state index contributed by atoms with van der Waals surface area (Å²) in [5.74, 6) is -0.613. The standard InChI is InChI=1S/C16H26N4O3/c17-8-10-20(11-9-18)15(21)7-6-14(19)16(22)23-12-13-4-2-1-3-5-13/h1-5,14H,6-12,17-19H2/t14-/m0/s1. The Morgan fingerprint density at radius 1 is 1.09 bits per heavy atom. The largest absolute Gasteiger partial charge is 0.460 e. The molecule has 23 heavy (non-hydrogen) atoms. The maximum atomic E-state index is 12.0. The predicted molar refractivity (Wildman–Crippen MR) is 88.1 cm³/mol. The maximum Gasteiger partial charge on any atom is 0.323 e. The fraction of sp³-hybridized carbons (Fsp3) is 0.500. The SMILES string of the molecule is NCCN(CCN)C(=O)CC[C@H](N)C(=O)OCc1ccccc1. The molecule has 0 fully saturated rings. The summed E-state index contributed by atoms with van der Waals surface area (Å²) in [5, 5.41) is 0. The Bertz CT molecular complexity index is 475. The summed E-state index contributed by atoms with van der Waals surface area (Å²) in [6.07, 6.45) is 0.402. The number of esters is 1. The molecule has 0 heterocycles. The lowest BCUT2D eigenvalue weighted by atomic mass is 10.1. The van der Waals surface area contributed by atoms with Gasteiger partial charge < -0.3 is 26.8 Å². The number of carbonyl (C=O) groups excluding carboxylic acids is 2. The lowest BCUT2D eigenvalue weighted by Gasteiger charge is -2.21. The molecule has 0 aliphatic rings. The average Bonchev–Trinajstić information content (AvgIpc) is 2.57. The monoisotopic (exact) mass is 322 g/mol. The van der Waals surface area contributed by atoms with E-state index in [9.17, 15) is 9.59 Å². The maximum absolute atomic E-state index is 12.0. The molecule has 1 atom stereocenters. The van der Waals surface area contributed by atoms with Crippen LogP contribution < -0.4 is 17.2 Å². The third kappa shape index (κ3) is 7.23. The molecule has 1 rings (SSSR count).